The van der Waals surface area contributed by atoms with Crippen molar-refractivity contribution in [1.29, 1.82) is 0 Å². The summed E-state index contributed by atoms with van der Waals surface area (Å²) in [4.78, 5) is 10.2. The summed E-state index contributed by atoms with van der Waals surface area (Å²) in [6, 6.07) is 6.27. The van der Waals surface area contributed by atoms with Crippen molar-refractivity contribution in [1.82, 2.24) is 19.7 Å². The van der Waals surface area contributed by atoms with Gasteiger partial charge in [-0.25, -0.2) is 9.97 Å². The van der Waals surface area contributed by atoms with Gasteiger partial charge in [-0.1, -0.05) is 6.07 Å². The Bertz CT molecular complexity index is 652. The van der Waals surface area contributed by atoms with E-state index in [0.29, 0.717) is 0 Å². The van der Waals surface area contributed by atoms with Crippen LogP contribution < -0.4 is 5.32 Å². The minimum atomic E-state index is 0.253. The van der Waals surface area contributed by atoms with Crippen LogP contribution in [-0.4, -0.2) is 14.4 Å². The Hall–Kier alpha value is -1.72. The molecule has 0 aromatic carbocycles. The zero-order chi connectivity index (χ0) is 13.2. The van der Waals surface area contributed by atoms with Crippen LogP contribution in [0.3, 0.4) is 0 Å². The highest BCUT2D eigenvalue weighted by Gasteiger charge is 2.09. The van der Waals surface area contributed by atoms with Gasteiger partial charge in [0.2, 0.25) is 0 Å². The topological polar surface area (TPSA) is 42.2 Å². The lowest BCUT2D eigenvalue weighted by atomic mass is 10.3. The van der Waals surface area contributed by atoms with Crippen molar-refractivity contribution in [2.45, 2.75) is 26.4 Å². The van der Waals surface area contributed by atoms with Gasteiger partial charge in [0, 0.05) is 30.0 Å². The van der Waals surface area contributed by atoms with Crippen LogP contribution in [0.5, 0.6) is 0 Å². The first kappa shape index (κ1) is 12.3. The highest BCUT2D eigenvalue weighted by atomic mass is 32.1. The fourth-order valence-corrected chi connectivity index (χ4v) is 2.79. The molecule has 0 fully saturated rings. The molecule has 0 saturated heterocycles. The molecule has 3 aromatic rings. The third-order valence-corrected chi connectivity index (χ3v) is 4.11. The molecule has 19 heavy (non-hydrogen) atoms. The number of rotatable bonds is 4. The molecule has 3 heterocycles. The van der Waals surface area contributed by atoms with E-state index < -0.39 is 0 Å². The van der Waals surface area contributed by atoms with Crippen molar-refractivity contribution in [3.05, 3.63) is 52.4 Å². The van der Waals surface area contributed by atoms with E-state index in [1.807, 2.05) is 35.0 Å². The van der Waals surface area contributed by atoms with Crippen molar-refractivity contribution in [2.24, 2.45) is 0 Å². The minimum Gasteiger partial charge on any atom is -0.307 e. The van der Waals surface area contributed by atoms with Crippen LogP contribution in [0.1, 0.15) is 28.5 Å². The predicted molar refractivity (Wildman–Crippen MR) is 77.3 cm³/mol. The molecule has 0 amide bonds. The zero-order valence-electron chi connectivity index (χ0n) is 11.0. The number of nitrogens with one attached hydrogen (secondary N) is 1. The summed E-state index contributed by atoms with van der Waals surface area (Å²) in [6.45, 7) is 4.96. The molecule has 1 atom stereocenters. The first-order valence-corrected chi connectivity index (χ1v) is 7.12. The number of fused-ring (bicyclic) bond motifs is 1. The van der Waals surface area contributed by atoms with Crippen molar-refractivity contribution in [3.63, 3.8) is 0 Å². The Morgan fingerprint density at radius 1 is 1.42 bits per heavy atom. The smallest absolute Gasteiger partial charge is 0.137 e. The molecule has 5 heteroatoms. The highest BCUT2D eigenvalue weighted by molar-refractivity contribution is 7.11. The normalized spacial score (nSPS) is 12.9. The van der Waals surface area contributed by atoms with Crippen LogP contribution >= 0.6 is 11.3 Å². The fourth-order valence-electron chi connectivity index (χ4n) is 1.99. The minimum absolute atomic E-state index is 0.253. The lowest BCUT2D eigenvalue weighted by molar-refractivity contribution is 0.566. The summed E-state index contributed by atoms with van der Waals surface area (Å²) in [6.07, 6.45) is 5.99. The first-order valence-electron chi connectivity index (χ1n) is 6.31. The number of aryl methyl sites for hydroxylation is 1. The summed E-state index contributed by atoms with van der Waals surface area (Å²) in [5, 5.41) is 4.59. The van der Waals surface area contributed by atoms with Gasteiger partial charge in [0.1, 0.15) is 10.7 Å². The van der Waals surface area contributed by atoms with Crippen LogP contribution in [0, 0.1) is 6.92 Å². The molecule has 0 aliphatic rings. The lowest BCUT2D eigenvalue weighted by Gasteiger charge is -2.09. The number of nitrogens with zero attached hydrogens (tertiary/aromatic N) is 3. The second kappa shape index (κ2) is 5.11. The zero-order valence-corrected chi connectivity index (χ0v) is 11.8. The number of pyridine rings is 1. The van der Waals surface area contributed by atoms with Crippen LogP contribution in [-0.2, 0) is 6.54 Å². The molecular formula is C14H16N4S. The van der Waals surface area contributed by atoms with Gasteiger partial charge in [0.15, 0.2) is 0 Å². The SMILES string of the molecule is Cc1cnc(C(C)NCc2cn3ccccc3n2)s1. The van der Waals surface area contributed by atoms with E-state index in [0.717, 1.165) is 22.9 Å². The molecule has 0 saturated carbocycles. The summed E-state index contributed by atoms with van der Waals surface area (Å²) in [7, 11) is 0. The fraction of sp³-hybridized carbons (Fsp3) is 0.286. The van der Waals surface area contributed by atoms with Crippen LogP contribution in [0.2, 0.25) is 0 Å². The van der Waals surface area contributed by atoms with Crippen LogP contribution in [0.25, 0.3) is 5.65 Å². The van der Waals surface area contributed by atoms with Crippen molar-refractivity contribution < 1.29 is 0 Å². The Kier molecular flexibility index (Phi) is 3.31. The highest BCUT2D eigenvalue weighted by Crippen LogP contribution is 2.19. The van der Waals surface area contributed by atoms with Crippen molar-refractivity contribution >= 4 is 17.0 Å². The molecule has 0 bridgehead atoms. The summed E-state index contributed by atoms with van der Waals surface area (Å²) < 4.78 is 2.04. The van der Waals surface area contributed by atoms with Crippen LogP contribution in [0.15, 0.2) is 36.8 Å². The Morgan fingerprint density at radius 2 is 2.32 bits per heavy atom. The van der Waals surface area contributed by atoms with Gasteiger partial charge in [-0.2, -0.15) is 0 Å². The van der Waals surface area contributed by atoms with E-state index in [1.54, 1.807) is 11.3 Å². The second-order valence-electron chi connectivity index (χ2n) is 4.61. The average Bonchev–Trinajstić information content (AvgIpc) is 3.01. The lowest BCUT2D eigenvalue weighted by Crippen LogP contribution is -2.18. The van der Waals surface area contributed by atoms with Gasteiger partial charge in [0.05, 0.1) is 11.7 Å². The molecular weight excluding hydrogens is 256 g/mol. The van der Waals surface area contributed by atoms with Gasteiger partial charge in [0.25, 0.3) is 0 Å². The average molecular weight is 272 g/mol. The van der Waals surface area contributed by atoms with E-state index in [4.69, 9.17) is 0 Å². The first-order chi connectivity index (χ1) is 9.22. The molecule has 0 aliphatic heterocycles. The summed E-state index contributed by atoms with van der Waals surface area (Å²) in [5.41, 5.74) is 2.03. The van der Waals surface area contributed by atoms with E-state index >= 15 is 0 Å². The number of imidazole rings is 1. The van der Waals surface area contributed by atoms with E-state index in [9.17, 15) is 0 Å². The quantitative estimate of drug-likeness (QED) is 0.794. The van der Waals surface area contributed by atoms with E-state index in [1.165, 1.54) is 4.88 Å². The van der Waals surface area contributed by atoms with Crippen molar-refractivity contribution in [3.8, 4) is 0 Å². The van der Waals surface area contributed by atoms with Gasteiger partial charge < -0.3 is 9.72 Å². The van der Waals surface area contributed by atoms with Crippen molar-refractivity contribution in [2.75, 3.05) is 0 Å². The predicted octanol–water partition coefficient (Wildman–Crippen LogP) is 2.95. The van der Waals surface area contributed by atoms with E-state index in [-0.39, 0.29) is 6.04 Å². The number of hydrogen-bond acceptors (Lipinski definition) is 4. The molecule has 3 aromatic heterocycles. The third-order valence-electron chi connectivity index (χ3n) is 3.01. The Labute approximate surface area is 116 Å². The monoisotopic (exact) mass is 272 g/mol. The Balaban J connectivity index is 1.68. The maximum atomic E-state index is 4.57. The van der Waals surface area contributed by atoms with Gasteiger partial charge in [-0.3, -0.25) is 0 Å². The second-order valence-corrected chi connectivity index (χ2v) is 5.88. The maximum Gasteiger partial charge on any atom is 0.137 e. The molecule has 0 aliphatic carbocycles. The van der Waals surface area contributed by atoms with Gasteiger partial charge in [-0.15, -0.1) is 11.3 Å². The standard InChI is InChI=1S/C14H16N4S/c1-10-7-16-14(19-10)11(2)15-8-12-9-18-6-4-3-5-13(18)17-12/h3-7,9,11,15H,8H2,1-2H3. The molecule has 98 valence electrons. The van der Waals surface area contributed by atoms with Gasteiger partial charge in [-0.05, 0) is 26.0 Å². The largest absolute Gasteiger partial charge is 0.307 e. The third kappa shape index (κ3) is 2.67. The molecule has 0 spiro atoms. The maximum absolute atomic E-state index is 4.57. The number of aromatic nitrogens is 3. The van der Waals surface area contributed by atoms with E-state index in [2.05, 4.69) is 35.3 Å². The van der Waals surface area contributed by atoms with Crippen LogP contribution in [0.4, 0.5) is 0 Å². The number of hydrogen-bond donors (Lipinski definition) is 1. The molecule has 4 nitrogen and oxygen atoms in total. The molecule has 0 radical (unpaired) electrons. The molecule has 1 N–H and O–H groups in total. The molecule has 1 unspecified atom stereocenters. The molecule has 3 rings (SSSR count). The summed E-state index contributed by atoms with van der Waals surface area (Å²) >= 11 is 1.74. The summed E-state index contributed by atoms with van der Waals surface area (Å²) in [5.74, 6) is 0. The van der Waals surface area contributed by atoms with Gasteiger partial charge >= 0.3 is 0 Å². The Morgan fingerprint density at radius 3 is 3.05 bits per heavy atom. The number of thiazole rings is 1.